The van der Waals surface area contributed by atoms with Crippen molar-refractivity contribution in [3.63, 3.8) is 0 Å². The lowest BCUT2D eigenvalue weighted by Gasteiger charge is -2.00. The molecule has 1 aromatic rings. The number of rotatable bonds is 6. The summed E-state index contributed by atoms with van der Waals surface area (Å²) in [5, 5.41) is 11.7. The minimum atomic E-state index is 0.227. The first kappa shape index (κ1) is 11.2. The fourth-order valence-corrected chi connectivity index (χ4v) is 2.60. The van der Waals surface area contributed by atoms with Crippen LogP contribution in [0.2, 0.25) is 0 Å². The van der Waals surface area contributed by atoms with E-state index in [0.29, 0.717) is 6.54 Å². The van der Waals surface area contributed by atoms with E-state index in [0.717, 1.165) is 19.4 Å². The highest BCUT2D eigenvalue weighted by Gasteiger charge is 1.96. The van der Waals surface area contributed by atoms with Gasteiger partial charge in [0.15, 0.2) is 0 Å². The van der Waals surface area contributed by atoms with Crippen LogP contribution in [0, 0.1) is 0 Å². The molecule has 2 nitrogen and oxygen atoms in total. The lowest BCUT2D eigenvalue weighted by Crippen LogP contribution is -2.19. The molecule has 0 aliphatic heterocycles. The highest BCUT2D eigenvalue weighted by molar-refractivity contribution is 9.11. The minimum absolute atomic E-state index is 0.227. The summed E-state index contributed by atoms with van der Waals surface area (Å²) < 4.78 is 1.20. The molecule has 0 spiro atoms. The van der Waals surface area contributed by atoms with Gasteiger partial charge in [0.2, 0.25) is 0 Å². The minimum Gasteiger partial charge on any atom is -0.395 e. The molecule has 4 heteroatoms. The Labute approximate surface area is 91.1 Å². The van der Waals surface area contributed by atoms with Crippen LogP contribution in [0.5, 0.6) is 0 Å². The number of aryl methyl sites for hydroxylation is 1. The Kier molecular flexibility index (Phi) is 5.62. The maximum Gasteiger partial charge on any atom is 0.0701 e. The molecule has 0 amide bonds. The van der Waals surface area contributed by atoms with E-state index in [9.17, 15) is 0 Å². The average molecular weight is 264 g/mol. The zero-order chi connectivity index (χ0) is 9.52. The lowest BCUT2D eigenvalue weighted by molar-refractivity contribution is 0.292. The molecule has 13 heavy (non-hydrogen) atoms. The number of aliphatic hydroxyl groups excluding tert-OH is 1. The van der Waals surface area contributed by atoms with Crippen LogP contribution in [-0.4, -0.2) is 24.8 Å². The van der Waals surface area contributed by atoms with Crippen LogP contribution >= 0.6 is 27.3 Å². The smallest absolute Gasteiger partial charge is 0.0701 e. The predicted molar refractivity (Wildman–Crippen MR) is 60.3 cm³/mol. The molecule has 1 rings (SSSR count). The second-order valence-corrected chi connectivity index (χ2v) is 5.33. The van der Waals surface area contributed by atoms with Gasteiger partial charge in [-0.1, -0.05) is 0 Å². The largest absolute Gasteiger partial charge is 0.395 e. The SMILES string of the molecule is OCCNCCCc1ccc(Br)s1. The van der Waals surface area contributed by atoms with Crippen molar-refractivity contribution >= 4 is 27.3 Å². The fourth-order valence-electron chi connectivity index (χ4n) is 1.08. The molecule has 0 fully saturated rings. The molecular weight excluding hydrogens is 250 g/mol. The van der Waals surface area contributed by atoms with Crippen LogP contribution in [0.15, 0.2) is 15.9 Å². The number of thiophene rings is 1. The Hall–Kier alpha value is 0.1000. The summed E-state index contributed by atoms with van der Waals surface area (Å²) in [4.78, 5) is 1.41. The summed E-state index contributed by atoms with van der Waals surface area (Å²) in [7, 11) is 0. The normalized spacial score (nSPS) is 10.6. The maximum absolute atomic E-state index is 8.52. The molecule has 0 saturated heterocycles. The van der Waals surface area contributed by atoms with Gasteiger partial charge in [0.05, 0.1) is 10.4 Å². The van der Waals surface area contributed by atoms with E-state index in [-0.39, 0.29) is 6.61 Å². The van der Waals surface area contributed by atoms with Gasteiger partial charge < -0.3 is 10.4 Å². The average Bonchev–Trinajstić information content (AvgIpc) is 2.51. The van der Waals surface area contributed by atoms with E-state index in [1.165, 1.54) is 8.66 Å². The molecule has 0 aliphatic rings. The van der Waals surface area contributed by atoms with Gasteiger partial charge in [0.1, 0.15) is 0 Å². The van der Waals surface area contributed by atoms with Crippen LogP contribution in [-0.2, 0) is 6.42 Å². The Balaban J connectivity index is 2.06. The van der Waals surface area contributed by atoms with Crippen LogP contribution < -0.4 is 5.32 Å². The van der Waals surface area contributed by atoms with Gasteiger partial charge in [-0.2, -0.15) is 0 Å². The third-order valence-corrected chi connectivity index (χ3v) is 3.38. The van der Waals surface area contributed by atoms with Gasteiger partial charge in [-0.15, -0.1) is 11.3 Å². The summed E-state index contributed by atoms with van der Waals surface area (Å²) >= 11 is 5.23. The van der Waals surface area contributed by atoms with E-state index in [4.69, 9.17) is 5.11 Å². The number of nitrogens with one attached hydrogen (secondary N) is 1. The van der Waals surface area contributed by atoms with Gasteiger partial charge in [-0.05, 0) is 47.4 Å². The van der Waals surface area contributed by atoms with Crippen LogP contribution in [0.3, 0.4) is 0 Å². The first-order valence-corrected chi connectivity index (χ1v) is 5.99. The van der Waals surface area contributed by atoms with Crippen molar-refractivity contribution in [2.24, 2.45) is 0 Å². The number of hydrogen-bond donors (Lipinski definition) is 2. The predicted octanol–water partition coefficient (Wildman–Crippen LogP) is 2.03. The van der Waals surface area contributed by atoms with Crippen molar-refractivity contribution < 1.29 is 5.11 Å². The van der Waals surface area contributed by atoms with Crippen molar-refractivity contribution in [3.8, 4) is 0 Å². The van der Waals surface area contributed by atoms with Crippen LogP contribution in [0.4, 0.5) is 0 Å². The molecule has 2 N–H and O–H groups in total. The van der Waals surface area contributed by atoms with E-state index in [1.54, 1.807) is 11.3 Å². The molecule has 0 radical (unpaired) electrons. The van der Waals surface area contributed by atoms with Gasteiger partial charge in [0.25, 0.3) is 0 Å². The first-order chi connectivity index (χ1) is 6.33. The molecule has 0 aromatic carbocycles. The quantitative estimate of drug-likeness (QED) is 0.770. The molecule has 0 aliphatic carbocycles. The van der Waals surface area contributed by atoms with Crippen LogP contribution in [0.25, 0.3) is 0 Å². The topological polar surface area (TPSA) is 32.3 Å². The second kappa shape index (κ2) is 6.54. The molecule has 1 heterocycles. The first-order valence-electron chi connectivity index (χ1n) is 4.38. The standard InChI is InChI=1S/C9H14BrNOS/c10-9-4-3-8(13-9)2-1-5-11-6-7-12/h3-4,11-12H,1-2,5-7H2. The third-order valence-electron chi connectivity index (χ3n) is 1.69. The Morgan fingerprint density at radius 2 is 2.23 bits per heavy atom. The lowest BCUT2D eigenvalue weighted by atomic mass is 10.2. The molecule has 74 valence electrons. The van der Waals surface area contributed by atoms with Gasteiger partial charge in [-0.25, -0.2) is 0 Å². The molecule has 0 unspecified atom stereocenters. The van der Waals surface area contributed by atoms with E-state index in [1.807, 2.05) is 0 Å². The molecule has 1 aromatic heterocycles. The zero-order valence-electron chi connectivity index (χ0n) is 7.42. The highest BCUT2D eigenvalue weighted by atomic mass is 79.9. The summed E-state index contributed by atoms with van der Waals surface area (Å²) in [6.45, 7) is 1.91. The second-order valence-electron chi connectivity index (χ2n) is 2.78. The van der Waals surface area contributed by atoms with Gasteiger partial charge in [0, 0.05) is 11.4 Å². The molecule has 0 atom stereocenters. The van der Waals surface area contributed by atoms with Crippen molar-refractivity contribution in [2.75, 3.05) is 19.7 Å². The molecule has 0 bridgehead atoms. The van der Waals surface area contributed by atoms with E-state index >= 15 is 0 Å². The number of halogens is 1. The number of aliphatic hydroxyl groups is 1. The molecule has 0 saturated carbocycles. The van der Waals surface area contributed by atoms with Crippen molar-refractivity contribution in [1.82, 2.24) is 5.32 Å². The van der Waals surface area contributed by atoms with Crippen molar-refractivity contribution in [2.45, 2.75) is 12.8 Å². The fraction of sp³-hybridized carbons (Fsp3) is 0.556. The van der Waals surface area contributed by atoms with Gasteiger partial charge >= 0.3 is 0 Å². The van der Waals surface area contributed by atoms with Crippen molar-refractivity contribution in [3.05, 3.63) is 20.8 Å². The van der Waals surface area contributed by atoms with Crippen LogP contribution in [0.1, 0.15) is 11.3 Å². The third kappa shape index (κ3) is 4.76. The Morgan fingerprint density at radius 1 is 1.38 bits per heavy atom. The zero-order valence-corrected chi connectivity index (χ0v) is 9.83. The highest BCUT2D eigenvalue weighted by Crippen LogP contribution is 2.22. The van der Waals surface area contributed by atoms with E-state index < -0.39 is 0 Å². The number of hydrogen-bond acceptors (Lipinski definition) is 3. The van der Waals surface area contributed by atoms with Gasteiger partial charge in [-0.3, -0.25) is 0 Å². The maximum atomic E-state index is 8.52. The summed E-state index contributed by atoms with van der Waals surface area (Å²) in [6, 6.07) is 4.24. The van der Waals surface area contributed by atoms with E-state index in [2.05, 4.69) is 33.4 Å². The molecular formula is C9H14BrNOS. The summed E-state index contributed by atoms with van der Waals surface area (Å²) in [5.74, 6) is 0. The summed E-state index contributed by atoms with van der Waals surface area (Å²) in [6.07, 6.45) is 2.25. The Bertz CT molecular complexity index is 239. The monoisotopic (exact) mass is 263 g/mol. The van der Waals surface area contributed by atoms with Crippen molar-refractivity contribution in [1.29, 1.82) is 0 Å². The Morgan fingerprint density at radius 3 is 2.85 bits per heavy atom. The summed E-state index contributed by atoms with van der Waals surface area (Å²) in [5.41, 5.74) is 0.